The molecule has 1 aromatic carbocycles. The van der Waals surface area contributed by atoms with Gasteiger partial charge in [0.25, 0.3) is 0 Å². The van der Waals surface area contributed by atoms with Crippen LogP contribution in [0, 0.1) is 6.92 Å². The van der Waals surface area contributed by atoms with Crippen LogP contribution in [0.4, 0.5) is 0 Å². The minimum Gasteiger partial charge on any atom is -0.389 e. The Balaban J connectivity index is 2.79. The maximum Gasteiger partial charge on any atom is 0.113 e. The van der Waals surface area contributed by atoms with Crippen LogP contribution in [0.2, 0.25) is 5.15 Å². The van der Waals surface area contributed by atoms with Gasteiger partial charge in [0, 0.05) is 16.5 Å². The molecule has 0 aliphatic rings. The zero-order chi connectivity index (χ0) is 10.3. The third-order valence-electron chi connectivity index (χ3n) is 2.36. The Morgan fingerprint density at radius 1 is 1.43 bits per heavy atom. The number of fused-ring (bicyclic) bond motifs is 1. The molecule has 0 fully saturated rings. The van der Waals surface area contributed by atoms with E-state index in [0.29, 0.717) is 5.15 Å². The maximum atomic E-state index is 9.58. The lowest BCUT2D eigenvalue weighted by molar-refractivity contribution is 0.201. The molecule has 1 atom stereocenters. The smallest absolute Gasteiger partial charge is 0.113 e. The van der Waals surface area contributed by atoms with Crippen LogP contribution in [0.15, 0.2) is 18.2 Å². The standard InChI is InChI=1S/C11H12ClNO/c1-6-3-4-9-8(5-6)10(7(2)14)11(12)13-9/h3-5,7,13-14H,1-2H3. The van der Waals surface area contributed by atoms with E-state index in [0.717, 1.165) is 22.0 Å². The van der Waals surface area contributed by atoms with E-state index in [-0.39, 0.29) is 0 Å². The molecule has 0 saturated carbocycles. The van der Waals surface area contributed by atoms with E-state index < -0.39 is 6.10 Å². The van der Waals surface area contributed by atoms with Crippen molar-refractivity contribution in [3.05, 3.63) is 34.5 Å². The zero-order valence-corrected chi connectivity index (χ0v) is 8.89. The van der Waals surface area contributed by atoms with Crippen LogP contribution in [-0.4, -0.2) is 10.1 Å². The van der Waals surface area contributed by atoms with Gasteiger partial charge in [-0.25, -0.2) is 0 Å². The summed E-state index contributed by atoms with van der Waals surface area (Å²) in [6.07, 6.45) is -0.543. The van der Waals surface area contributed by atoms with Gasteiger partial charge in [0.15, 0.2) is 0 Å². The monoisotopic (exact) mass is 209 g/mol. The molecule has 2 N–H and O–H groups in total. The number of H-pyrrole nitrogens is 1. The summed E-state index contributed by atoms with van der Waals surface area (Å²) in [7, 11) is 0. The molecule has 1 heterocycles. The van der Waals surface area contributed by atoms with Crippen molar-refractivity contribution in [2.24, 2.45) is 0 Å². The molecule has 1 aromatic heterocycles. The number of nitrogens with one attached hydrogen (secondary N) is 1. The third kappa shape index (κ3) is 1.41. The molecule has 0 saturated heterocycles. The van der Waals surface area contributed by atoms with Gasteiger partial charge < -0.3 is 10.1 Å². The average Bonchev–Trinajstić information content (AvgIpc) is 2.40. The van der Waals surface area contributed by atoms with Crippen molar-refractivity contribution >= 4 is 22.5 Å². The van der Waals surface area contributed by atoms with Gasteiger partial charge in [0.2, 0.25) is 0 Å². The molecule has 2 nitrogen and oxygen atoms in total. The first-order valence-electron chi connectivity index (χ1n) is 4.55. The Hall–Kier alpha value is -0.990. The fourth-order valence-electron chi connectivity index (χ4n) is 1.70. The molecular formula is C11H12ClNO. The normalized spacial score (nSPS) is 13.4. The summed E-state index contributed by atoms with van der Waals surface area (Å²) in [6, 6.07) is 6.02. The predicted molar refractivity (Wildman–Crippen MR) is 58.7 cm³/mol. The van der Waals surface area contributed by atoms with Crippen molar-refractivity contribution in [3.8, 4) is 0 Å². The zero-order valence-electron chi connectivity index (χ0n) is 8.13. The Kier molecular flexibility index (Phi) is 2.25. The van der Waals surface area contributed by atoms with E-state index in [1.54, 1.807) is 6.92 Å². The van der Waals surface area contributed by atoms with Crippen LogP contribution >= 0.6 is 11.6 Å². The first kappa shape index (κ1) is 9.56. The lowest BCUT2D eigenvalue weighted by Crippen LogP contribution is -1.89. The number of aromatic amines is 1. The van der Waals surface area contributed by atoms with Gasteiger partial charge in [-0.15, -0.1) is 0 Å². The van der Waals surface area contributed by atoms with Crippen molar-refractivity contribution in [3.63, 3.8) is 0 Å². The Morgan fingerprint density at radius 2 is 2.14 bits per heavy atom. The van der Waals surface area contributed by atoms with Crippen LogP contribution in [0.3, 0.4) is 0 Å². The first-order valence-corrected chi connectivity index (χ1v) is 4.93. The molecule has 0 radical (unpaired) electrons. The van der Waals surface area contributed by atoms with Crippen LogP contribution in [-0.2, 0) is 0 Å². The number of rotatable bonds is 1. The van der Waals surface area contributed by atoms with E-state index in [1.165, 1.54) is 0 Å². The van der Waals surface area contributed by atoms with Crippen LogP contribution in [0.1, 0.15) is 24.2 Å². The first-order chi connectivity index (χ1) is 6.59. The number of hydrogen-bond acceptors (Lipinski definition) is 1. The van der Waals surface area contributed by atoms with Gasteiger partial charge in [0.1, 0.15) is 5.15 Å². The molecule has 1 unspecified atom stereocenters. The molecule has 3 heteroatoms. The van der Waals surface area contributed by atoms with Crippen LogP contribution in [0.25, 0.3) is 10.9 Å². The summed E-state index contributed by atoms with van der Waals surface area (Å²) in [4.78, 5) is 3.04. The minimum atomic E-state index is -0.543. The molecule has 0 aliphatic heterocycles. The summed E-state index contributed by atoms with van der Waals surface area (Å²) in [6.45, 7) is 3.74. The van der Waals surface area contributed by atoms with Gasteiger partial charge in [-0.05, 0) is 26.0 Å². The van der Waals surface area contributed by atoms with Crippen molar-refractivity contribution < 1.29 is 5.11 Å². The number of halogens is 1. The Bertz CT molecular complexity index is 473. The van der Waals surface area contributed by atoms with E-state index in [9.17, 15) is 5.11 Å². The highest BCUT2D eigenvalue weighted by Crippen LogP contribution is 2.31. The molecule has 0 amide bonds. The summed E-state index contributed by atoms with van der Waals surface area (Å²) in [5, 5.41) is 11.1. The summed E-state index contributed by atoms with van der Waals surface area (Å²) in [5.41, 5.74) is 2.91. The quantitative estimate of drug-likeness (QED) is 0.744. The number of aryl methyl sites for hydroxylation is 1. The van der Waals surface area contributed by atoms with Gasteiger partial charge in [-0.2, -0.15) is 0 Å². The third-order valence-corrected chi connectivity index (χ3v) is 2.66. The molecule has 0 spiro atoms. The van der Waals surface area contributed by atoms with E-state index in [4.69, 9.17) is 11.6 Å². The number of aliphatic hydroxyl groups is 1. The highest BCUT2D eigenvalue weighted by atomic mass is 35.5. The fourth-order valence-corrected chi connectivity index (χ4v) is 2.06. The van der Waals surface area contributed by atoms with Crippen LogP contribution in [0.5, 0.6) is 0 Å². The number of benzene rings is 1. The number of hydrogen-bond donors (Lipinski definition) is 2. The summed E-state index contributed by atoms with van der Waals surface area (Å²) < 4.78 is 0. The van der Waals surface area contributed by atoms with E-state index in [1.807, 2.05) is 25.1 Å². The van der Waals surface area contributed by atoms with Gasteiger partial charge in [-0.3, -0.25) is 0 Å². The lowest BCUT2D eigenvalue weighted by Gasteiger charge is -2.03. The minimum absolute atomic E-state index is 0.528. The molecule has 0 bridgehead atoms. The molecule has 14 heavy (non-hydrogen) atoms. The molecular weight excluding hydrogens is 198 g/mol. The van der Waals surface area contributed by atoms with E-state index in [2.05, 4.69) is 4.98 Å². The van der Waals surface area contributed by atoms with Crippen molar-refractivity contribution in [2.75, 3.05) is 0 Å². The molecule has 2 rings (SSSR count). The second kappa shape index (κ2) is 3.30. The summed E-state index contributed by atoms with van der Waals surface area (Å²) in [5.74, 6) is 0. The largest absolute Gasteiger partial charge is 0.389 e. The SMILES string of the molecule is Cc1ccc2[nH]c(Cl)c(C(C)O)c2c1. The summed E-state index contributed by atoms with van der Waals surface area (Å²) >= 11 is 6.00. The average molecular weight is 210 g/mol. The van der Waals surface area contributed by atoms with E-state index >= 15 is 0 Å². The van der Waals surface area contributed by atoms with Gasteiger partial charge in [-0.1, -0.05) is 23.2 Å². The fraction of sp³-hybridized carbons (Fsp3) is 0.273. The van der Waals surface area contributed by atoms with Crippen LogP contribution < -0.4 is 0 Å². The second-order valence-electron chi connectivity index (χ2n) is 3.58. The Morgan fingerprint density at radius 3 is 2.79 bits per heavy atom. The molecule has 2 aromatic rings. The maximum absolute atomic E-state index is 9.58. The van der Waals surface area contributed by atoms with Crippen molar-refractivity contribution in [1.82, 2.24) is 4.98 Å². The number of aliphatic hydroxyl groups excluding tert-OH is 1. The highest BCUT2D eigenvalue weighted by molar-refractivity contribution is 6.31. The predicted octanol–water partition coefficient (Wildman–Crippen LogP) is 3.18. The Labute approximate surface area is 87.5 Å². The second-order valence-corrected chi connectivity index (χ2v) is 3.96. The molecule has 74 valence electrons. The topological polar surface area (TPSA) is 36.0 Å². The van der Waals surface area contributed by atoms with Crippen molar-refractivity contribution in [1.29, 1.82) is 0 Å². The van der Waals surface area contributed by atoms with Gasteiger partial charge >= 0.3 is 0 Å². The molecule has 0 aliphatic carbocycles. The number of aromatic nitrogens is 1. The lowest BCUT2D eigenvalue weighted by atomic mass is 10.1. The van der Waals surface area contributed by atoms with Gasteiger partial charge in [0.05, 0.1) is 6.10 Å². The highest BCUT2D eigenvalue weighted by Gasteiger charge is 2.13. The van der Waals surface area contributed by atoms with Crippen molar-refractivity contribution in [2.45, 2.75) is 20.0 Å².